The van der Waals surface area contributed by atoms with Crippen molar-refractivity contribution in [1.29, 1.82) is 0 Å². The fourth-order valence-corrected chi connectivity index (χ4v) is 3.33. The zero-order valence-electron chi connectivity index (χ0n) is 13.9. The van der Waals surface area contributed by atoms with Gasteiger partial charge in [-0.1, -0.05) is 18.2 Å². The average Bonchev–Trinajstić information content (AvgIpc) is 3.03. The molecule has 0 radical (unpaired) electrons. The van der Waals surface area contributed by atoms with Gasteiger partial charge < -0.3 is 10.1 Å². The maximum atomic E-state index is 11.6. The van der Waals surface area contributed by atoms with Gasteiger partial charge in [-0.2, -0.15) is 0 Å². The maximum absolute atomic E-state index is 11.6. The molecule has 24 heavy (non-hydrogen) atoms. The number of anilines is 2. The highest BCUT2D eigenvalue weighted by atomic mass is 32.2. The molecule has 2 N–H and O–H groups in total. The van der Waals surface area contributed by atoms with E-state index in [1.54, 1.807) is 19.1 Å². The van der Waals surface area contributed by atoms with E-state index < -0.39 is 10.0 Å². The molecule has 3 rings (SSSR count). The van der Waals surface area contributed by atoms with E-state index in [2.05, 4.69) is 35.2 Å². The summed E-state index contributed by atoms with van der Waals surface area (Å²) in [6.07, 6.45) is 0. The van der Waals surface area contributed by atoms with Crippen LogP contribution in [-0.4, -0.2) is 14.2 Å². The third kappa shape index (κ3) is 3.88. The highest BCUT2D eigenvalue weighted by molar-refractivity contribution is 7.92. The van der Waals surface area contributed by atoms with Gasteiger partial charge >= 0.3 is 0 Å². The van der Waals surface area contributed by atoms with Crippen molar-refractivity contribution < 1.29 is 13.2 Å². The molecule has 2 aromatic carbocycles. The van der Waals surface area contributed by atoms with E-state index in [0.29, 0.717) is 18.9 Å². The number of fused-ring (bicyclic) bond motifs is 1. The van der Waals surface area contributed by atoms with Gasteiger partial charge in [0, 0.05) is 17.4 Å². The molecule has 1 atom stereocenters. The zero-order chi connectivity index (χ0) is 17.2. The van der Waals surface area contributed by atoms with Crippen molar-refractivity contribution in [3.05, 3.63) is 59.2 Å². The predicted molar refractivity (Wildman–Crippen MR) is 96.5 cm³/mol. The first kappa shape index (κ1) is 16.8. The first-order valence-corrected chi connectivity index (χ1v) is 9.68. The first-order chi connectivity index (χ1) is 11.5. The SMILES string of the molecule is CCS(=O)(=O)Nc1ccc([C@@H](C)Nc2ccc3c(c2)COC3)cc1. The van der Waals surface area contributed by atoms with E-state index in [-0.39, 0.29) is 11.8 Å². The van der Waals surface area contributed by atoms with Crippen LogP contribution in [0, 0.1) is 0 Å². The normalized spacial score (nSPS) is 14.9. The lowest BCUT2D eigenvalue weighted by Gasteiger charge is -2.17. The molecule has 0 aromatic heterocycles. The number of sulfonamides is 1. The summed E-state index contributed by atoms with van der Waals surface area (Å²) in [5.41, 5.74) is 5.22. The van der Waals surface area contributed by atoms with Crippen LogP contribution in [0.25, 0.3) is 0 Å². The molecular formula is C18H22N2O3S. The van der Waals surface area contributed by atoms with Crippen LogP contribution >= 0.6 is 0 Å². The van der Waals surface area contributed by atoms with Crippen molar-refractivity contribution in [3.8, 4) is 0 Å². The molecule has 0 bridgehead atoms. The predicted octanol–water partition coefficient (Wildman–Crippen LogP) is 3.65. The summed E-state index contributed by atoms with van der Waals surface area (Å²) in [7, 11) is -3.24. The summed E-state index contributed by atoms with van der Waals surface area (Å²) < 4.78 is 31.2. The lowest BCUT2D eigenvalue weighted by atomic mass is 10.1. The van der Waals surface area contributed by atoms with Crippen LogP contribution in [0.1, 0.15) is 36.6 Å². The second-order valence-corrected chi connectivity index (χ2v) is 7.98. The van der Waals surface area contributed by atoms with E-state index in [1.165, 1.54) is 11.1 Å². The van der Waals surface area contributed by atoms with Gasteiger partial charge in [0.1, 0.15) is 0 Å². The van der Waals surface area contributed by atoms with Gasteiger partial charge in [0.05, 0.1) is 19.0 Å². The van der Waals surface area contributed by atoms with Crippen molar-refractivity contribution in [3.63, 3.8) is 0 Å². The molecule has 1 aliphatic heterocycles. The molecule has 128 valence electrons. The van der Waals surface area contributed by atoms with Gasteiger partial charge in [-0.25, -0.2) is 8.42 Å². The van der Waals surface area contributed by atoms with E-state index in [1.807, 2.05) is 12.1 Å². The Morgan fingerprint density at radius 1 is 1.04 bits per heavy atom. The Kier molecular flexibility index (Phi) is 4.78. The molecular weight excluding hydrogens is 324 g/mol. The van der Waals surface area contributed by atoms with Gasteiger partial charge in [-0.05, 0) is 54.8 Å². The minimum Gasteiger partial charge on any atom is -0.379 e. The van der Waals surface area contributed by atoms with Gasteiger partial charge in [0.15, 0.2) is 0 Å². The van der Waals surface area contributed by atoms with E-state index >= 15 is 0 Å². The Labute approximate surface area is 143 Å². The van der Waals surface area contributed by atoms with Crippen LogP contribution in [0.4, 0.5) is 11.4 Å². The van der Waals surface area contributed by atoms with Crippen LogP contribution in [0.5, 0.6) is 0 Å². The number of rotatable bonds is 6. The number of hydrogen-bond donors (Lipinski definition) is 2. The fraction of sp³-hybridized carbons (Fsp3) is 0.333. The topological polar surface area (TPSA) is 67.4 Å². The molecule has 6 heteroatoms. The minimum absolute atomic E-state index is 0.0642. The Balaban J connectivity index is 1.68. The highest BCUT2D eigenvalue weighted by Crippen LogP contribution is 2.26. The Bertz CT molecular complexity index is 817. The summed E-state index contributed by atoms with van der Waals surface area (Å²) in [5.74, 6) is 0.0642. The lowest BCUT2D eigenvalue weighted by Crippen LogP contribution is -2.14. The third-order valence-electron chi connectivity index (χ3n) is 4.17. The fourth-order valence-electron chi connectivity index (χ4n) is 2.69. The molecule has 0 aliphatic carbocycles. The molecule has 1 heterocycles. The number of nitrogens with one attached hydrogen (secondary N) is 2. The summed E-state index contributed by atoms with van der Waals surface area (Å²) in [4.78, 5) is 0. The molecule has 5 nitrogen and oxygen atoms in total. The van der Waals surface area contributed by atoms with Crippen molar-refractivity contribution in [2.45, 2.75) is 33.1 Å². The third-order valence-corrected chi connectivity index (χ3v) is 5.48. The largest absolute Gasteiger partial charge is 0.379 e. The summed E-state index contributed by atoms with van der Waals surface area (Å²) in [5, 5.41) is 3.47. The van der Waals surface area contributed by atoms with Gasteiger partial charge in [0.2, 0.25) is 10.0 Å². The monoisotopic (exact) mass is 346 g/mol. The molecule has 2 aromatic rings. The molecule has 0 unspecified atom stereocenters. The smallest absolute Gasteiger partial charge is 0.232 e. The lowest BCUT2D eigenvalue weighted by molar-refractivity contribution is 0.134. The van der Waals surface area contributed by atoms with Crippen LogP contribution in [0.2, 0.25) is 0 Å². The van der Waals surface area contributed by atoms with E-state index in [9.17, 15) is 8.42 Å². The van der Waals surface area contributed by atoms with Crippen molar-refractivity contribution >= 4 is 21.4 Å². The number of hydrogen-bond acceptors (Lipinski definition) is 4. The summed E-state index contributed by atoms with van der Waals surface area (Å²) >= 11 is 0. The molecule has 0 fully saturated rings. The van der Waals surface area contributed by atoms with Crippen molar-refractivity contribution in [2.24, 2.45) is 0 Å². The highest BCUT2D eigenvalue weighted by Gasteiger charge is 2.13. The molecule has 0 saturated heterocycles. The van der Waals surface area contributed by atoms with E-state index in [0.717, 1.165) is 11.3 Å². The van der Waals surface area contributed by atoms with Gasteiger partial charge in [-0.3, -0.25) is 4.72 Å². The Morgan fingerprint density at radius 2 is 1.71 bits per heavy atom. The van der Waals surface area contributed by atoms with Crippen LogP contribution in [0.3, 0.4) is 0 Å². The van der Waals surface area contributed by atoms with Crippen LogP contribution in [0.15, 0.2) is 42.5 Å². The minimum atomic E-state index is -3.24. The summed E-state index contributed by atoms with van der Waals surface area (Å²) in [6, 6.07) is 13.8. The second-order valence-electron chi connectivity index (χ2n) is 5.97. The maximum Gasteiger partial charge on any atom is 0.232 e. The van der Waals surface area contributed by atoms with Gasteiger partial charge in [0.25, 0.3) is 0 Å². The molecule has 0 saturated carbocycles. The zero-order valence-corrected chi connectivity index (χ0v) is 14.7. The Hall–Kier alpha value is -2.05. The molecule has 0 amide bonds. The quantitative estimate of drug-likeness (QED) is 0.838. The molecule has 0 spiro atoms. The summed E-state index contributed by atoms with van der Waals surface area (Å²) in [6.45, 7) is 5.06. The first-order valence-electron chi connectivity index (χ1n) is 8.03. The van der Waals surface area contributed by atoms with Crippen molar-refractivity contribution in [2.75, 3.05) is 15.8 Å². The second kappa shape index (κ2) is 6.83. The van der Waals surface area contributed by atoms with Gasteiger partial charge in [-0.15, -0.1) is 0 Å². The van der Waals surface area contributed by atoms with Crippen molar-refractivity contribution in [1.82, 2.24) is 0 Å². The van der Waals surface area contributed by atoms with E-state index in [4.69, 9.17) is 4.74 Å². The standard InChI is InChI=1S/C18H22N2O3S/c1-3-24(21,22)20-17-7-4-14(5-8-17)13(2)19-18-9-6-15-11-23-12-16(15)10-18/h4-10,13,19-20H,3,11-12H2,1-2H3/t13-/m1/s1. The molecule has 1 aliphatic rings. The number of benzene rings is 2. The number of ether oxygens (including phenoxy) is 1. The average molecular weight is 346 g/mol. The van der Waals surface area contributed by atoms with Crippen LogP contribution < -0.4 is 10.0 Å². The Morgan fingerprint density at radius 3 is 2.42 bits per heavy atom. The van der Waals surface area contributed by atoms with Crippen LogP contribution in [-0.2, 0) is 28.0 Å².